The van der Waals surface area contributed by atoms with E-state index in [1.54, 1.807) is 12.1 Å². The molecule has 21 heavy (non-hydrogen) atoms. The fourth-order valence-electron chi connectivity index (χ4n) is 2.75. The van der Waals surface area contributed by atoms with Crippen LogP contribution >= 0.6 is 0 Å². The Bertz CT molecular complexity index is 669. The minimum Gasteiger partial charge on any atom is -0.370 e. The van der Waals surface area contributed by atoms with E-state index in [4.69, 9.17) is 5.73 Å². The molecule has 1 aliphatic rings. The lowest BCUT2D eigenvalue weighted by atomic mass is 9.90. The van der Waals surface area contributed by atoms with E-state index >= 15 is 0 Å². The molecule has 1 unspecified atom stereocenters. The predicted octanol–water partition coefficient (Wildman–Crippen LogP) is 2.87. The largest absolute Gasteiger partial charge is 0.370 e. The van der Waals surface area contributed by atoms with E-state index < -0.39 is 5.54 Å². The molecule has 0 radical (unpaired) electrons. The summed E-state index contributed by atoms with van der Waals surface area (Å²) in [7, 11) is 0. The fourth-order valence-corrected chi connectivity index (χ4v) is 2.75. The molecule has 1 aliphatic heterocycles. The zero-order valence-electron chi connectivity index (χ0n) is 12.0. The van der Waals surface area contributed by atoms with Crippen LogP contribution in [-0.2, 0) is 12.1 Å². The molecule has 0 saturated carbocycles. The molecule has 0 fully saturated rings. The molecule has 108 valence electrons. The number of hydrogen-bond donors (Lipinski definition) is 1. The van der Waals surface area contributed by atoms with Crippen molar-refractivity contribution in [3.05, 3.63) is 71.5 Å². The van der Waals surface area contributed by atoms with E-state index in [1.807, 2.05) is 36.1 Å². The molecule has 0 bridgehead atoms. The van der Waals surface area contributed by atoms with Crippen LogP contribution in [0.5, 0.6) is 0 Å². The van der Waals surface area contributed by atoms with E-state index in [1.165, 1.54) is 6.07 Å². The van der Waals surface area contributed by atoms with Gasteiger partial charge in [-0.2, -0.15) is 0 Å². The molecule has 4 heteroatoms. The Labute approximate surface area is 123 Å². The van der Waals surface area contributed by atoms with Gasteiger partial charge >= 0.3 is 0 Å². The van der Waals surface area contributed by atoms with Crippen LogP contribution in [0.4, 0.5) is 4.39 Å². The summed E-state index contributed by atoms with van der Waals surface area (Å²) in [6, 6.07) is 16.8. The van der Waals surface area contributed by atoms with E-state index in [9.17, 15) is 4.39 Å². The normalized spacial score (nSPS) is 21.4. The van der Waals surface area contributed by atoms with Crippen molar-refractivity contribution in [3.63, 3.8) is 0 Å². The van der Waals surface area contributed by atoms with Gasteiger partial charge < -0.3 is 10.6 Å². The summed E-state index contributed by atoms with van der Waals surface area (Å²) < 4.78 is 13.6. The Morgan fingerprint density at radius 3 is 2.67 bits per heavy atom. The van der Waals surface area contributed by atoms with Crippen LogP contribution in [0.15, 0.2) is 59.6 Å². The van der Waals surface area contributed by atoms with Crippen LogP contribution < -0.4 is 5.73 Å². The quantitative estimate of drug-likeness (QED) is 0.941. The second-order valence-electron chi connectivity index (χ2n) is 5.53. The van der Waals surface area contributed by atoms with Crippen LogP contribution in [0.2, 0.25) is 0 Å². The molecule has 0 saturated heterocycles. The molecule has 0 amide bonds. The zero-order chi connectivity index (χ0) is 14.9. The lowest BCUT2D eigenvalue weighted by molar-refractivity contribution is 0.217. The van der Waals surface area contributed by atoms with Crippen LogP contribution in [0.3, 0.4) is 0 Å². The number of halogens is 1. The highest BCUT2D eigenvalue weighted by Gasteiger charge is 2.39. The molecule has 1 heterocycles. The molecule has 0 aliphatic carbocycles. The van der Waals surface area contributed by atoms with E-state index in [0.717, 1.165) is 11.1 Å². The Balaban J connectivity index is 1.94. The third-order valence-corrected chi connectivity index (χ3v) is 4.05. The average molecular weight is 283 g/mol. The first-order valence-corrected chi connectivity index (χ1v) is 6.97. The summed E-state index contributed by atoms with van der Waals surface area (Å²) >= 11 is 0. The standard InChI is InChI=1S/C17H18FN3/c1-17(14-8-5-9-15(18)10-14)12-20-16(19)21(17)11-13-6-3-2-4-7-13/h2-10H,11-12H2,1H3,(H2,19,20). The monoisotopic (exact) mass is 283 g/mol. The molecule has 0 aromatic heterocycles. The van der Waals surface area contributed by atoms with Crippen molar-refractivity contribution < 1.29 is 4.39 Å². The average Bonchev–Trinajstić information content (AvgIpc) is 2.78. The van der Waals surface area contributed by atoms with Gasteiger partial charge in [0.15, 0.2) is 5.96 Å². The van der Waals surface area contributed by atoms with Crippen LogP contribution in [-0.4, -0.2) is 17.4 Å². The smallest absolute Gasteiger partial charge is 0.192 e. The van der Waals surface area contributed by atoms with E-state index in [0.29, 0.717) is 19.0 Å². The molecule has 3 nitrogen and oxygen atoms in total. The van der Waals surface area contributed by atoms with Crippen molar-refractivity contribution in [2.75, 3.05) is 6.54 Å². The van der Waals surface area contributed by atoms with Gasteiger partial charge in [-0.3, -0.25) is 4.99 Å². The maximum absolute atomic E-state index is 13.6. The minimum absolute atomic E-state index is 0.237. The van der Waals surface area contributed by atoms with Gasteiger partial charge in [-0.25, -0.2) is 4.39 Å². The van der Waals surface area contributed by atoms with E-state index in [2.05, 4.69) is 17.1 Å². The first-order valence-electron chi connectivity index (χ1n) is 6.97. The van der Waals surface area contributed by atoms with Crippen molar-refractivity contribution in [1.82, 2.24) is 4.90 Å². The molecule has 1 atom stereocenters. The van der Waals surface area contributed by atoms with Crippen molar-refractivity contribution in [1.29, 1.82) is 0 Å². The maximum atomic E-state index is 13.6. The van der Waals surface area contributed by atoms with Gasteiger partial charge in [-0.05, 0) is 30.2 Å². The van der Waals surface area contributed by atoms with Crippen molar-refractivity contribution in [2.45, 2.75) is 19.0 Å². The van der Waals surface area contributed by atoms with Gasteiger partial charge in [-0.15, -0.1) is 0 Å². The summed E-state index contributed by atoms with van der Waals surface area (Å²) in [5, 5.41) is 0. The third-order valence-electron chi connectivity index (χ3n) is 4.05. The summed E-state index contributed by atoms with van der Waals surface area (Å²) in [4.78, 5) is 6.41. The molecule has 2 aromatic rings. The topological polar surface area (TPSA) is 41.6 Å². The van der Waals surface area contributed by atoms with Crippen LogP contribution in [0.25, 0.3) is 0 Å². The van der Waals surface area contributed by atoms with Crippen molar-refractivity contribution in [2.24, 2.45) is 10.7 Å². The first kappa shape index (κ1) is 13.6. The van der Waals surface area contributed by atoms with Gasteiger partial charge in [-0.1, -0.05) is 42.5 Å². The van der Waals surface area contributed by atoms with Gasteiger partial charge in [0, 0.05) is 6.54 Å². The highest BCUT2D eigenvalue weighted by atomic mass is 19.1. The van der Waals surface area contributed by atoms with Crippen LogP contribution in [0, 0.1) is 5.82 Å². The van der Waals surface area contributed by atoms with Gasteiger partial charge in [0.1, 0.15) is 5.82 Å². The third kappa shape index (κ3) is 2.49. The summed E-state index contributed by atoms with van der Waals surface area (Å²) in [6.07, 6.45) is 0. The van der Waals surface area contributed by atoms with Gasteiger partial charge in [0.25, 0.3) is 0 Å². The Kier molecular flexibility index (Phi) is 3.37. The number of benzene rings is 2. The van der Waals surface area contributed by atoms with E-state index in [-0.39, 0.29) is 5.82 Å². The summed E-state index contributed by atoms with van der Waals surface area (Å²) in [6.45, 7) is 3.24. The molecule has 2 N–H and O–H groups in total. The number of nitrogens with two attached hydrogens (primary N) is 1. The Hall–Kier alpha value is -2.36. The number of nitrogens with zero attached hydrogens (tertiary/aromatic N) is 2. The summed E-state index contributed by atoms with van der Waals surface area (Å²) in [5.74, 6) is 0.268. The lowest BCUT2D eigenvalue weighted by Gasteiger charge is -2.36. The molecular weight excluding hydrogens is 265 g/mol. The van der Waals surface area contributed by atoms with Gasteiger partial charge in [0.2, 0.25) is 0 Å². The minimum atomic E-state index is -0.415. The zero-order valence-corrected chi connectivity index (χ0v) is 12.0. The fraction of sp³-hybridized carbons (Fsp3) is 0.235. The first-order chi connectivity index (χ1) is 10.1. The maximum Gasteiger partial charge on any atom is 0.192 e. The van der Waals surface area contributed by atoms with Crippen LogP contribution in [0.1, 0.15) is 18.1 Å². The Morgan fingerprint density at radius 2 is 1.95 bits per heavy atom. The molecule has 2 aromatic carbocycles. The second kappa shape index (κ2) is 5.20. The molecular formula is C17H18FN3. The SMILES string of the molecule is CC1(c2cccc(F)c2)CN=C(N)N1Cc1ccccc1. The highest BCUT2D eigenvalue weighted by molar-refractivity contribution is 5.81. The van der Waals surface area contributed by atoms with Gasteiger partial charge in [0.05, 0.1) is 12.1 Å². The van der Waals surface area contributed by atoms with Crippen molar-refractivity contribution >= 4 is 5.96 Å². The summed E-state index contributed by atoms with van der Waals surface area (Å²) in [5.41, 5.74) is 7.69. The number of guanidine groups is 1. The Morgan fingerprint density at radius 1 is 1.19 bits per heavy atom. The molecule has 3 rings (SSSR count). The lowest BCUT2D eigenvalue weighted by Crippen LogP contribution is -2.46. The second-order valence-corrected chi connectivity index (χ2v) is 5.53. The predicted molar refractivity (Wildman–Crippen MR) is 82.2 cm³/mol. The number of hydrogen-bond acceptors (Lipinski definition) is 3. The molecule has 0 spiro atoms. The van der Waals surface area contributed by atoms with Crippen molar-refractivity contribution in [3.8, 4) is 0 Å². The number of rotatable bonds is 3. The highest BCUT2D eigenvalue weighted by Crippen LogP contribution is 2.34. The number of aliphatic imine (C=N–C) groups is 1.